The topological polar surface area (TPSA) is 53.4 Å². The van der Waals surface area contributed by atoms with Gasteiger partial charge in [0.05, 0.1) is 0 Å². The van der Waals surface area contributed by atoms with Crippen LogP contribution in [0, 0.1) is 0 Å². The minimum absolute atomic E-state index is 0.302. The first kappa shape index (κ1) is 9.45. The fraction of sp³-hybridized carbons (Fsp3) is 0.333. The average molecular weight is 257 g/mol. The molecule has 0 atom stereocenters. The molecule has 2 heterocycles. The van der Waals surface area contributed by atoms with Crippen LogP contribution in [0.2, 0.25) is 0 Å². The van der Waals surface area contributed by atoms with E-state index in [0.29, 0.717) is 19.0 Å². The molecule has 1 aromatic rings. The van der Waals surface area contributed by atoms with Crippen LogP contribution in [0.3, 0.4) is 0 Å². The highest BCUT2D eigenvalue weighted by atomic mass is 79.9. The lowest BCUT2D eigenvalue weighted by Gasteiger charge is -2.37. The van der Waals surface area contributed by atoms with Crippen molar-refractivity contribution >= 4 is 22.0 Å². The van der Waals surface area contributed by atoms with E-state index in [1.165, 1.54) is 4.90 Å². The van der Waals surface area contributed by atoms with Crippen LogP contribution in [0.25, 0.3) is 0 Å². The Morgan fingerprint density at radius 1 is 1.57 bits per heavy atom. The number of rotatable bonds is 1. The summed E-state index contributed by atoms with van der Waals surface area (Å²) in [6.45, 7) is 1.15. The normalized spacial score (nSPS) is 16.5. The molecule has 1 aliphatic rings. The maximum absolute atomic E-state index is 10.5. The maximum atomic E-state index is 10.5. The number of likely N-dealkylation sites (tertiary alicyclic amines) is 1. The van der Waals surface area contributed by atoms with Crippen LogP contribution < -0.4 is 0 Å². The second-order valence-corrected chi connectivity index (χ2v) is 4.24. The highest BCUT2D eigenvalue weighted by molar-refractivity contribution is 9.10. The molecule has 0 aliphatic carbocycles. The van der Waals surface area contributed by atoms with E-state index in [1.54, 1.807) is 12.4 Å². The molecule has 1 N–H and O–H groups in total. The molecule has 1 amide bonds. The molecule has 0 saturated carbocycles. The SMILES string of the molecule is O=C(O)N1CC(c2cncc(Br)c2)C1. The summed E-state index contributed by atoms with van der Waals surface area (Å²) in [5, 5.41) is 8.65. The fourth-order valence-electron chi connectivity index (χ4n) is 1.50. The van der Waals surface area contributed by atoms with Crippen molar-refractivity contribution in [3.8, 4) is 0 Å². The van der Waals surface area contributed by atoms with Crippen LogP contribution >= 0.6 is 15.9 Å². The van der Waals surface area contributed by atoms with E-state index >= 15 is 0 Å². The number of hydrogen-bond donors (Lipinski definition) is 1. The highest BCUT2D eigenvalue weighted by Crippen LogP contribution is 2.27. The van der Waals surface area contributed by atoms with Gasteiger partial charge in [0.1, 0.15) is 0 Å². The zero-order valence-electron chi connectivity index (χ0n) is 7.35. The van der Waals surface area contributed by atoms with Gasteiger partial charge in [-0.25, -0.2) is 4.79 Å². The molecule has 5 heteroatoms. The van der Waals surface area contributed by atoms with E-state index in [4.69, 9.17) is 5.11 Å². The maximum Gasteiger partial charge on any atom is 0.407 e. The molecule has 0 radical (unpaired) electrons. The number of aromatic nitrogens is 1. The van der Waals surface area contributed by atoms with E-state index in [9.17, 15) is 4.79 Å². The first-order valence-electron chi connectivity index (χ1n) is 4.25. The van der Waals surface area contributed by atoms with E-state index in [-0.39, 0.29) is 0 Å². The van der Waals surface area contributed by atoms with E-state index in [2.05, 4.69) is 20.9 Å². The molecule has 1 fully saturated rings. The summed E-state index contributed by atoms with van der Waals surface area (Å²) in [5.41, 5.74) is 1.09. The summed E-state index contributed by atoms with van der Waals surface area (Å²) in [6.07, 6.45) is 2.66. The minimum atomic E-state index is -0.843. The van der Waals surface area contributed by atoms with Crippen molar-refractivity contribution in [2.24, 2.45) is 0 Å². The molecule has 1 aliphatic heterocycles. The lowest BCUT2D eigenvalue weighted by molar-refractivity contribution is 0.105. The summed E-state index contributed by atoms with van der Waals surface area (Å²) in [4.78, 5) is 16.0. The Balaban J connectivity index is 2.03. The Bertz CT molecular complexity index is 364. The van der Waals surface area contributed by atoms with Gasteiger partial charge in [0.2, 0.25) is 0 Å². The van der Waals surface area contributed by atoms with E-state index in [1.807, 2.05) is 6.07 Å². The molecular formula is C9H9BrN2O2. The van der Waals surface area contributed by atoms with Crippen molar-refractivity contribution in [2.75, 3.05) is 13.1 Å². The summed E-state index contributed by atoms with van der Waals surface area (Å²) < 4.78 is 0.934. The van der Waals surface area contributed by atoms with Crippen LogP contribution in [0.1, 0.15) is 11.5 Å². The molecule has 14 heavy (non-hydrogen) atoms. The van der Waals surface area contributed by atoms with Crippen LogP contribution in [0.5, 0.6) is 0 Å². The van der Waals surface area contributed by atoms with Crippen molar-refractivity contribution < 1.29 is 9.90 Å². The number of carbonyl (C=O) groups is 1. The van der Waals surface area contributed by atoms with E-state index in [0.717, 1.165) is 10.0 Å². The van der Waals surface area contributed by atoms with Gasteiger partial charge in [0, 0.05) is 35.9 Å². The first-order chi connectivity index (χ1) is 6.66. The van der Waals surface area contributed by atoms with Crippen molar-refractivity contribution in [3.63, 3.8) is 0 Å². The van der Waals surface area contributed by atoms with E-state index < -0.39 is 6.09 Å². The smallest absolute Gasteiger partial charge is 0.407 e. The van der Waals surface area contributed by atoms with Crippen LogP contribution in [-0.4, -0.2) is 34.2 Å². The van der Waals surface area contributed by atoms with Crippen molar-refractivity contribution in [2.45, 2.75) is 5.92 Å². The van der Waals surface area contributed by atoms with Crippen LogP contribution in [-0.2, 0) is 0 Å². The molecule has 0 unspecified atom stereocenters. The quantitative estimate of drug-likeness (QED) is 0.836. The second-order valence-electron chi connectivity index (χ2n) is 3.32. The van der Waals surface area contributed by atoms with Gasteiger partial charge in [0.25, 0.3) is 0 Å². The minimum Gasteiger partial charge on any atom is -0.465 e. The first-order valence-corrected chi connectivity index (χ1v) is 5.04. The Morgan fingerprint density at radius 2 is 2.29 bits per heavy atom. The predicted octanol–water partition coefficient (Wildman–Crippen LogP) is 1.92. The molecule has 0 spiro atoms. The van der Waals surface area contributed by atoms with Gasteiger partial charge in [-0.2, -0.15) is 0 Å². The molecule has 1 saturated heterocycles. The third-order valence-electron chi connectivity index (χ3n) is 2.35. The van der Waals surface area contributed by atoms with Crippen molar-refractivity contribution in [1.29, 1.82) is 0 Å². The van der Waals surface area contributed by atoms with Gasteiger partial charge < -0.3 is 10.0 Å². The Hall–Kier alpha value is -1.10. The number of pyridine rings is 1. The Morgan fingerprint density at radius 3 is 2.86 bits per heavy atom. The number of nitrogens with zero attached hydrogens (tertiary/aromatic N) is 2. The zero-order valence-corrected chi connectivity index (χ0v) is 8.94. The van der Waals surface area contributed by atoms with Crippen molar-refractivity contribution in [3.05, 3.63) is 28.5 Å². The molecule has 4 nitrogen and oxygen atoms in total. The van der Waals surface area contributed by atoms with Gasteiger partial charge >= 0.3 is 6.09 Å². The number of carboxylic acid groups (broad SMARTS) is 1. The molecular weight excluding hydrogens is 248 g/mol. The third kappa shape index (κ3) is 1.72. The van der Waals surface area contributed by atoms with Crippen LogP contribution in [0.4, 0.5) is 4.79 Å². The summed E-state index contributed by atoms with van der Waals surface area (Å²) in [6, 6.07) is 1.98. The zero-order chi connectivity index (χ0) is 10.1. The summed E-state index contributed by atoms with van der Waals surface area (Å²) in [5.74, 6) is 0.302. The predicted molar refractivity (Wildman–Crippen MR) is 54.3 cm³/mol. The average Bonchev–Trinajstić information content (AvgIpc) is 2.00. The summed E-state index contributed by atoms with van der Waals surface area (Å²) >= 11 is 3.34. The molecule has 1 aromatic heterocycles. The second kappa shape index (κ2) is 3.57. The fourth-order valence-corrected chi connectivity index (χ4v) is 1.88. The molecule has 0 bridgehead atoms. The van der Waals surface area contributed by atoms with Gasteiger partial charge in [-0.15, -0.1) is 0 Å². The van der Waals surface area contributed by atoms with Gasteiger partial charge in [-0.05, 0) is 27.6 Å². The third-order valence-corrected chi connectivity index (χ3v) is 2.78. The van der Waals surface area contributed by atoms with Crippen LogP contribution in [0.15, 0.2) is 22.9 Å². The van der Waals surface area contributed by atoms with Crippen molar-refractivity contribution in [1.82, 2.24) is 9.88 Å². The Labute approximate surface area is 89.7 Å². The molecule has 0 aromatic carbocycles. The largest absolute Gasteiger partial charge is 0.465 e. The van der Waals surface area contributed by atoms with Gasteiger partial charge in [-0.1, -0.05) is 0 Å². The Kier molecular flexibility index (Phi) is 2.41. The lowest BCUT2D eigenvalue weighted by Crippen LogP contribution is -2.47. The number of halogens is 1. The monoisotopic (exact) mass is 256 g/mol. The van der Waals surface area contributed by atoms with Gasteiger partial charge in [-0.3, -0.25) is 4.98 Å². The number of amides is 1. The lowest BCUT2D eigenvalue weighted by atomic mass is 9.93. The van der Waals surface area contributed by atoms with Gasteiger partial charge in [0.15, 0.2) is 0 Å². The summed E-state index contributed by atoms with van der Waals surface area (Å²) in [7, 11) is 0. The molecule has 2 rings (SSSR count). The number of hydrogen-bond acceptors (Lipinski definition) is 2. The highest BCUT2D eigenvalue weighted by Gasteiger charge is 2.31. The standard InChI is InChI=1S/C9H9BrN2O2/c10-8-1-6(2-11-3-8)7-4-12(5-7)9(13)14/h1-3,7H,4-5H2,(H,13,14). The molecule has 74 valence electrons.